The Bertz CT molecular complexity index is 1160. The zero-order chi connectivity index (χ0) is 19.7. The second-order valence-electron chi connectivity index (χ2n) is 5.47. The molecule has 5 nitrogen and oxygen atoms in total. The standard InChI is InChI=1S/C18H11F3N2O3S/c19-18(20,21)26-14-2-4-15(5-3-14)27(24,25)16(11-22)10-12-1-6-17-13(9-12)7-8-23-17/h1-10,23H/b16-10-. The first kappa shape index (κ1) is 18.5. The van der Waals surface area contributed by atoms with E-state index in [1.807, 2.05) is 0 Å². The van der Waals surface area contributed by atoms with Gasteiger partial charge in [-0.25, -0.2) is 8.42 Å². The van der Waals surface area contributed by atoms with Crippen LogP contribution in [0, 0.1) is 11.3 Å². The average Bonchev–Trinajstić information content (AvgIpc) is 3.06. The Labute approximate surface area is 152 Å². The molecule has 0 radical (unpaired) electrons. The molecule has 0 amide bonds. The molecule has 0 unspecified atom stereocenters. The third-order valence-corrected chi connectivity index (χ3v) is 5.32. The lowest BCUT2D eigenvalue weighted by Crippen LogP contribution is -2.17. The SMILES string of the molecule is N#C/C(=C/c1ccc2[nH]ccc2c1)S(=O)(=O)c1ccc(OC(F)(F)F)cc1. The van der Waals surface area contributed by atoms with E-state index in [9.17, 15) is 26.9 Å². The summed E-state index contributed by atoms with van der Waals surface area (Å²) in [4.78, 5) is 2.16. The van der Waals surface area contributed by atoms with Gasteiger partial charge in [0.2, 0.25) is 9.84 Å². The molecule has 27 heavy (non-hydrogen) atoms. The summed E-state index contributed by atoms with van der Waals surface area (Å²) >= 11 is 0. The fourth-order valence-corrected chi connectivity index (χ4v) is 3.59. The van der Waals surface area contributed by atoms with Crippen molar-refractivity contribution in [1.82, 2.24) is 4.98 Å². The van der Waals surface area contributed by atoms with Crippen LogP contribution in [0.2, 0.25) is 0 Å². The molecular weight excluding hydrogens is 381 g/mol. The number of benzene rings is 2. The van der Waals surface area contributed by atoms with Crippen LogP contribution in [0.4, 0.5) is 13.2 Å². The summed E-state index contributed by atoms with van der Waals surface area (Å²) in [5.41, 5.74) is 1.35. The molecule has 0 saturated carbocycles. The molecule has 0 saturated heterocycles. The van der Waals surface area contributed by atoms with Crippen molar-refractivity contribution >= 4 is 26.8 Å². The normalized spacial score (nSPS) is 12.7. The molecule has 138 valence electrons. The second kappa shape index (κ2) is 6.81. The number of aromatic amines is 1. The molecule has 3 rings (SSSR count). The highest BCUT2D eigenvalue weighted by molar-refractivity contribution is 7.95. The molecule has 9 heteroatoms. The van der Waals surface area contributed by atoms with Crippen LogP contribution in [0.1, 0.15) is 5.56 Å². The number of hydrogen-bond donors (Lipinski definition) is 1. The summed E-state index contributed by atoms with van der Waals surface area (Å²) in [5.74, 6) is -0.554. The van der Waals surface area contributed by atoms with Crippen LogP contribution in [0.3, 0.4) is 0 Å². The Hall–Kier alpha value is -3.25. The van der Waals surface area contributed by atoms with Gasteiger partial charge in [0, 0.05) is 11.7 Å². The fourth-order valence-electron chi connectivity index (χ4n) is 2.43. The number of sulfone groups is 1. The van der Waals surface area contributed by atoms with Crippen molar-refractivity contribution in [1.29, 1.82) is 5.26 Å². The number of fused-ring (bicyclic) bond motifs is 1. The van der Waals surface area contributed by atoms with E-state index in [1.54, 1.807) is 36.5 Å². The van der Waals surface area contributed by atoms with Crippen LogP contribution >= 0.6 is 0 Å². The first-order chi connectivity index (χ1) is 12.7. The molecule has 1 aromatic heterocycles. The van der Waals surface area contributed by atoms with E-state index in [4.69, 9.17) is 0 Å². The predicted octanol–water partition coefficient (Wildman–Crippen LogP) is 4.40. The number of alkyl halides is 3. The van der Waals surface area contributed by atoms with Crippen molar-refractivity contribution in [3.63, 3.8) is 0 Å². The quantitative estimate of drug-likeness (QED) is 0.667. The van der Waals surface area contributed by atoms with Gasteiger partial charge in [-0.3, -0.25) is 0 Å². The van der Waals surface area contributed by atoms with Gasteiger partial charge in [-0.05, 0) is 59.5 Å². The molecule has 1 heterocycles. The minimum absolute atomic E-state index is 0.312. The van der Waals surface area contributed by atoms with Gasteiger partial charge in [0.25, 0.3) is 0 Å². The van der Waals surface area contributed by atoms with Crippen LogP contribution < -0.4 is 4.74 Å². The van der Waals surface area contributed by atoms with Gasteiger partial charge < -0.3 is 9.72 Å². The Morgan fingerprint density at radius 2 is 1.81 bits per heavy atom. The van der Waals surface area contributed by atoms with Gasteiger partial charge in [0.1, 0.15) is 16.7 Å². The average molecular weight is 392 g/mol. The number of rotatable bonds is 4. The summed E-state index contributed by atoms with van der Waals surface area (Å²) in [6, 6.07) is 12.2. The molecular formula is C18H11F3N2O3S. The predicted molar refractivity (Wildman–Crippen MR) is 92.2 cm³/mol. The van der Waals surface area contributed by atoms with E-state index in [0.717, 1.165) is 35.2 Å². The zero-order valence-electron chi connectivity index (χ0n) is 13.5. The number of hydrogen-bond acceptors (Lipinski definition) is 4. The van der Waals surface area contributed by atoms with Crippen LogP contribution in [0.15, 0.2) is 64.5 Å². The topological polar surface area (TPSA) is 83.0 Å². The molecule has 0 bridgehead atoms. The summed E-state index contributed by atoms with van der Waals surface area (Å²) in [6.07, 6.45) is -1.94. The maximum Gasteiger partial charge on any atom is 0.573 e. The smallest absolute Gasteiger partial charge is 0.406 e. The fraction of sp³-hybridized carbons (Fsp3) is 0.0556. The van der Waals surface area contributed by atoms with E-state index >= 15 is 0 Å². The molecule has 1 N–H and O–H groups in total. The Balaban J connectivity index is 1.94. The third-order valence-electron chi connectivity index (χ3n) is 3.64. The summed E-state index contributed by atoms with van der Waals surface area (Å²) in [6.45, 7) is 0. The van der Waals surface area contributed by atoms with Crippen molar-refractivity contribution in [2.45, 2.75) is 11.3 Å². The number of ether oxygens (including phenoxy) is 1. The van der Waals surface area contributed by atoms with Crippen molar-refractivity contribution in [2.24, 2.45) is 0 Å². The number of aromatic nitrogens is 1. The number of nitrogens with one attached hydrogen (secondary N) is 1. The summed E-state index contributed by atoms with van der Waals surface area (Å²) in [5, 5.41) is 10.1. The molecule has 0 aliphatic heterocycles. The zero-order valence-corrected chi connectivity index (χ0v) is 14.3. The van der Waals surface area contributed by atoms with Crippen LogP contribution in [0.25, 0.3) is 17.0 Å². The maximum atomic E-state index is 12.6. The Morgan fingerprint density at radius 3 is 2.44 bits per heavy atom. The Kier molecular flexibility index (Phi) is 4.68. The van der Waals surface area contributed by atoms with Crippen molar-refractivity contribution in [3.8, 4) is 11.8 Å². The van der Waals surface area contributed by atoms with Crippen molar-refractivity contribution < 1.29 is 26.3 Å². The highest BCUT2D eigenvalue weighted by Gasteiger charge is 2.31. The molecule has 3 aromatic rings. The van der Waals surface area contributed by atoms with E-state index in [2.05, 4.69) is 9.72 Å². The summed E-state index contributed by atoms with van der Waals surface area (Å²) < 4.78 is 65.5. The van der Waals surface area contributed by atoms with E-state index < -0.39 is 26.9 Å². The Morgan fingerprint density at radius 1 is 1.11 bits per heavy atom. The van der Waals surface area contributed by atoms with Crippen molar-refractivity contribution in [2.75, 3.05) is 0 Å². The van der Waals surface area contributed by atoms with Crippen LogP contribution in [-0.2, 0) is 9.84 Å². The van der Waals surface area contributed by atoms with Crippen molar-refractivity contribution in [3.05, 3.63) is 65.2 Å². The van der Waals surface area contributed by atoms with Gasteiger partial charge in [0.05, 0.1) is 4.90 Å². The monoisotopic (exact) mass is 392 g/mol. The number of allylic oxidation sites excluding steroid dienone is 1. The lowest BCUT2D eigenvalue weighted by Gasteiger charge is -2.09. The molecule has 0 fully saturated rings. The van der Waals surface area contributed by atoms with Gasteiger partial charge in [0.15, 0.2) is 0 Å². The highest BCUT2D eigenvalue weighted by atomic mass is 32.2. The molecule has 0 atom stereocenters. The number of nitrogens with zero attached hydrogens (tertiary/aromatic N) is 1. The minimum atomic E-state index is -4.88. The third kappa shape index (κ3) is 4.12. The minimum Gasteiger partial charge on any atom is -0.406 e. The van der Waals surface area contributed by atoms with Gasteiger partial charge in [-0.15, -0.1) is 13.2 Å². The van der Waals surface area contributed by atoms with Crippen LogP contribution in [-0.4, -0.2) is 19.8 Å². The van der Waals surface area contributed by atoms with Crippen LogP contribution in [0.5, 0.6) is 5.75 Å². The van der Waals surface area contributed by atoms with E-state index in [0.29, 0.717) is 5.56 Å². The lowest BCUT2D eigenvalue weighted by molar-refractivity contribution is -0.274. The largest absolute Gasteiger partial charge is 0.573 e. The van der Waals surface area contributed by atoms with Gasteiger partial charge in [-0.2, -0.15) is 5.26 Å². The second-order valence-corrected chi connectivity index (χ2v) is 7.39. The lowest BCUT2D eigenvalue weighted by atomic mass is 10.1. The maximum absolute atomic E-state index is 12.6. The first-order valence-electron chi connectivity index (χ1n) is 7.49. The molecule has 0 aliphatic carbocycles. The van der Waals surface area contributed by atoms with E-state index in [-0.39, 0.29) is 4.90 Å². The molecule has 2 aromatic carbocycles. The number of H-pyrrole nitrogens is 1. The summed E-state index contributed by atoms with van der Waals surface area (Å²) in [7, 11) is -4.19. The first-order valence-corrected chi connectivity index (χ1v) is 8.97. The molecule has 0 aliphatic rings. The van der Waals surface area contributed by atoms with Gasteiger partial charge in [-0.1, -0.05) is 6.07 Å². The van der Waals surface area contributed by atoms with Gasteiger partial charge >= 0.3 is 6.36 Å². The molecule has 0 spiro atoms. The van der Waals surface area contributed by atoms with E-state index in [1.165, 1.54) is 6.08 Å². The number of halogens is 3. The number of nitriles is 1. The highest BCUT2D eigenvalue weighted by Crippen LogP contribution is 2.27.